The van der Waals surface area contributed by atoms with E-state index in [-0.39, 0.29) is 18.8 Å². The number of rotatable bonds is 5. The van der Waals surface area contributed by atoms with Gasteiger partial charge in [0.25, 0.3) is 0 Å². The minimum absolute atomic E-state index is 0.00556. The maximum atomic E-state index is 9.11. The van der Waals surface area contributed by atoms with Crippen LogP contribution in [-0.2, 0) is 4.74 Å². The van der Waals surface area contributed by atoms with Crippen molar-refractivity contribution in [2.75, 3.05) is 33.0 Å². The Morgan fingerprint density at radius 3 is 2.50 bits per heavy atom. The lowest BCUT2D eigenvalue weighted by Crippen LogP contribution is -2.49. The summed E-state index contributed by atoms with van der Waals surface area (Å²) >= 11 is 0. The van der Waals surface area contributed by atoms with E-state index < -0.39 is 5.41 Å². The summed E-state index contributed by atoms with van der Waals surface area (Å²) in [6, 6.07) is 0. The first-order valence-corrected chi connectivity index (χ1v) is 5.08. The lowest BCUT2D eigenvalue weighted by molar-refractivity contribution is 0.0608. The molecular formula is C10H21NO3. The van der Waals surface area contributed by atoms with E-state index >= 15 is 0 Å². The average molecular weight is 203 g/mol. The van der Waals surface area contributed by atoms with E-state index in [9.17, 15) is 0 Å². The van der Waals surface area contributed by atoms with Gasteiger partial charge >= 0.3 is 0 Å². The van der Waals surface area contributed by atoms with Crippen molar-refractivity contribution in [1.82, 2.24) is 5.32 Å². The van der Waals surface area contributed by atoms with Crippen molar-refractivity contribution in [3.63, 3.8) is 0 Å². The fourth-order valence-corrected chi connectivity index (χ4v) is 1.40. The SMILES string of the molecule is CC(CO)(CO)CNC1(C)CCOC1. The summed E-state index contributed by atoms with van der Waals surface area (Å²) in [5, 5.41) is 21.6. The molecule has 3 N–H and O–H groups in total. The summed E-state index contributed by atoms with van der Waals surface area (Å²) in [6.45, 7) is 6.06. The molecule has 84 valence electrons. The molecule has 0 aromatic carbocycles. The van der Waals surface area contributed by atoms with Crippen LogP contribution in [0, 0.1) is 5.41 Å². The van der Waals surface area contributed by atoms with Crippen LogP contribution in [0.15, 0.2) is 0 Å². The fourth-order valence-electron chi connectivity index (χ4n) is 1.40. The van der Waals surface area contributed by atoms with Crippen LogP contribution in [0.3, 0.4) is 0 Å². The van der Waals surface area contributed by atoms with Crippen LogP contribution in [0.2, 0.25) is 0 Å². The molecule has 0 aromatic rings. The van der Waals surface area contributed by atoms with Crippen molar-refractivity contribution in [3.8, 4) is 0 Å². The molecule has 0 bridgehead atoms. The number of aliphatic hydroxyl groups is 2. The summed E-state index contributed by atoms with van der Waals surface area (Å²) in [4.78, 5) is 0. The highest BCUT2D eigenvalue weighted by molar-refractivity contribution is 4.89. The number of ether oxygens (including phenoxy) is 1. The zero-order chi connectivity index (χ0) is 10.7. The molecule has 0 amide bonds. The molecule has 1 rings (SSSR count). The molecule has 0 spiro atoms. The van der Waals surface area contributed by atoms with Crippen molar-refractivity contribution < 1.29 is 14.9 Å². The summed E-state index contributed by atoms with van der Waals surface area (Å²) in [5.74, 6) is 0. The van der Waals surface area contributed by atoms with Gasteiger partial charge in [-0.15, -0.1) is 0 Å². The molecular weight excluding hydrogens is 182 g/mol. The third-order valence-electron chi connectivity index (χ3n) is 2.92. The van der Waals surface area contributed by atoms with Gasteiger partial charge in [0.1, 0.15) is 0 Å². The van der Waals surface area contributed by atoms with Crippen LogP contribution in [0.1, 0.15) is 20.3 Å². The van der Waals surface area contributed by atoms with Gasteiger partial charge < -0.3 is 20.3 Å². The van der Waals surface area contributed by atoms with Gasteiger partial charge in [-0.2, -0.15) is 0 Å². The monoisotopic (exact) mass is 203 g/mol. The number of hydrogen-bond acceptors (Lipinski definition) is 4. The van der Waals surface area contributed by atoms with E-state index in [0.29, 0.717) is 13.2 Å². The van der Waals surface area contributed by atoms with Crippen molar-refractivity contribution >= 4 is 0 Å². The smallest absolute Gasteiger partial charge is 0.0646 e. The van der Waals surface area contributed by atoms with Gasteiger partial charge in [-0.3, -0.25) is 0 Å². The lowest BCUT2D eigenvalue weighted by atomic mass is 9.91. The molecule has 1 unspecified atom stereocenters. The highest BCUT2D eigenvalue weighted by Crippen LogP contribution is 2.20. The standard InChI is InChI=1S/C10H21NO3/c1-9(6-12,7-13)5-11-10(2)3-4-14-8-10/h11-13H,3-8H2,1-2H3. The first kappa shape index (κ1) is 11.9. The zero-order valence-corrected chi connectivity index (χ0v) is 9.05. The van der Waals surface area contributed by atoms with Crippen LogP contribution >= 0.6 is 0 Å². The van der Waals surface area contributed by atoms with Crippen LogP contribution in [-0.4, -0.2) is 48.7 Å². The van der Waals surface area contributed by atoms with Crippen molar-refractivity contribution in [3.05, 3.63) is 0 Å². The van der Waals surface area contributed by atoms with E-state index in [1.54, 1.807) is 0 Å². The lowest BCUT2D eigenvalue weighted by Gasteiger charge is -2.31. The molecule has 4 nitrogen and oxygen atoms in total. The molecule has 0 aromatic heterocycles. The Labute approximate surface area is 85.3 Å². The number of aliphatic hydroxyl groups excluding tert-OH is 2. The molecule has 4 heteroatoms. The van der Waals surface area contributed by atoms with Crippen molar-refractivity contribution in [2.45, 2.75) is 25.8 Å². The van der Waals surface area contributed by atoms with Gasteiger partial charge in [-0.25, -0.2) is 0 Å². The highest BCUT2D eigenvalue weighted by atomic mass is 16.5. The second kappa shape index (κ2) is 4.57. The van der Waals surface area contributed by atoms with Gasteiger partial charge in [0, 0.05) is 24.1 Å². The molecule has 1 fully saturated rings. The van der Waals surface area contributed by atoms with Gasteiger partial charge in [0.15, 0.2) is 0 Å². The van der Waals surface area contributed by atoms with Gasteiger partial charge in [0.2, 0.25) is 0 Å². The maximum Gasteiger partial charge on any atom is 0.0646 e. The summed E-state index contributed by atoms with van der Waals surface area (Å²) in [6.07, 6.45) is 0.986. The molecule has 14 heavy (non-hydrogen) atoms. The van der Waals surface area contributed by atoms with Gasteiger partial charge in [-0.1, -0.05) is 6.92 Å². The van der Waals surface area contributed by atoms with Gasteiger partial charge in [0.05, 0.1) is 19.8 Å². The van der Waals surface area contributed by atoms with E-state index in [2.05, 4.69) is 12.2 Å². The fraction of sp³-hybridized carbons (Fsp3) is 1.00. The van der Waals surface area contributed by atoms with Crippen molar-refractivity contribution in [1.29, 1.82) is 0 Å². The van der Waals surface area contributed by atoms with E-state index in [4.69, 9.17) is 14.9 Å². The third-order valence-corrected chi connectivity index (χ3v) is 2.92. The maximum absolute atomic E-state index is 9.11. The summed E-state index contributed by atoms with van der Waals surface area (Å²) < 4.78 is 5.31. The average Bonchev–Trinajstić information content (AvgIpc) is 2.63. The Hall–Kier alpha value is -0.160. The molecule has 1 atom stereocenters. The topological polar surface area (TPSA) is 61.7 Å². The van der Waals surface area contributed by atoms with Crippen LogP contribution in [0.25, 0.3) is 0 Å². The normalized spacial score (nSPS) is 28.3. The molecule has 1 aliphatic rings. The molecule has 1 aliphatic heterocycles. The Kier molecular flexibility index (Phi) is 3.89. The Balaban J connectivity index is 2.38. The van der Waals surface area contributed by atoms with Crippen LogP contribution in [0.4, 0.5) is 0 Å². The molecule has 0 aliphatic carbocycles. The molecule has 0 saturated carbocycles. The first-order valence-electron chi connectivity index (χ1n) is 5.08. The quantitative estimate of drug-likeness (QED) is 0.576. The second-order valence-corrected chi connectivity index (χ2v) is 4.84. The van der Waals surface area contributed by atoms with E-state index in [1.165, 1.54) is 0 Å². The molecule has 0 radical (unpaired) electrons. The number of hydrogen-bond donors (Lipinski definition) is 3. The predicted molar refractivity (Wildman–Crippen MR) is 54.1 cm³/mol. The summed E-state index contributed by atoms with van der Waals surface area (Å²) in [5.41, 5.74) is -0.433. The third kappa shape index (κ3) is 2.92. The van der Waals surface area contributed by atoms with E-state index in [1.807, 2.05) is 6.92 Å². The predicted octanol–water partition coefficient (Wildman–Crippen LogP) is -0.254. The molecule has 1 heterocycles. The second-order valence-electron chi connectivity index (χ2n) is 4.84. The molecule has 1 saturated heterocycles. The van der Waals surface area contributed by atoms with Crippen LogP contribution in [0.5, 0.6) is 0 Å². The highest BCUT2D eigenvalue weighted by Gasteiger charge is 2.32. The summed E-state index contributed by atoms with van der Waals surface area (Å²) in [7, 11) is 0. The minimum atomic E-state index is -0.439. The largest absolute Gasteiger partial charge is 0.396 e. The van der Waals surface area contributed by atoms with Gasteiger partial charge in [-0.05, 0) is 13.3 Å². The Bertz CT molecular complexity index is 170. The van der Waals surface area contributed by atoms with Crippen molar-refractivity contribution in [2.24, 2.45) is 5.41 Å². The zero-order valence-electron chi connectivity index (χ0n) is 9.05. The first-order chi connectivity index (χ1) is 6.54. The Morgan fingerprint density at radius 1 is 1.43 bits per heavy atom. The minimum Gasteiger partial charge on any atom is -0.396 e. The Morgan fingerprint density at radius 2 is 2.07 bits per heavy atom. The number of nitrogens with one attached hydrogen (secondary N) is 1. The van der Waals surface area contributed by atoms with Crippen LogP contribution < -0.4 is 5.32 Å². The van der Waals surface area contributed by atoms with E-state index in [0.717, 1.165) is 13.0 Å².